The summed E-state index contributed by atoms with van der Waals surface area (Å²) in [5.74, 6) is 0. The molecule has 0 N–H and O–H groups in total. The summed E-state index contributed by atoms with van der Waals surface area (Å²) >= 11 is 7.03. The van der Waals surface area contributed by atoms with Crippen LogP contribution in [0.4, 0.5) is 0 Å². The third kappa shape index (κ3) is 2.16. The summed E-state index contributed by atoms with van der Waals surface area (Å²) in [4.78, 5) is 0. The number of benzene rings is 1. The zero-order valence-corrected chi connectivity index (χ0v) is 11.4. The lowest BCUT2D eigenvalue weighted by Crippen LogP contribution is -1.97. The molecule has 0 bridgehead atoms. The Balaban J connectivity index is 3.36. The van der Waals surface area contributed by atoms with Crippen LogP contribution in [-0.4, -0.2) is 0 Å². The SMILES string of the molecule is Cc1c(CBr)cc(CBr)c(C)c1C. The largest absolute Gasteiger partial charge is 0.0876 e. The number of halogens is 2. The molecule has 1 aromatic rings. The van der Waals surface area contributed by atoms with E-state index in [1.165, 1.54) is 27.8 Å². The van der Waals surface area contributed by atoms with E-state index in [1.807, 2.05) is 0 Å². The van der Waals surface area contributed by atoms with Gasteiger partial charge in [0.1, 0.15) is 0 Å². The van der Waals surface area contributed by atoms with E-state index in [2.05, 4.69) is 58.7 Å². The maximum atomic E-state index is 3.52. The Hall–Kier alpha value is 0.180. The summed E-state index contributed by atoms with van der Waals surface area (Å²) in [6, 6.07) is 2.28. The van der Waals surface area contributed by atoms with E-state index in [0.717, 1.165) is 10.7 Å². The molecule has 0 nitrogen and oxygen atoms in total. The highest BCUT2D eigenvalue weighted by atomic mass is 79.9. The monoisotopic (exact) mass is 304 g/mol. The van der Waals surface area contributed by atoms with Crippen molar-refractivity contribution in [3.63, 3.8) is 0 Å². The van der Waals surface area contributed by atoms with Gasteiger partial charge in [-0.25, -0.2) is 0 Å². The molecule has 0 amide bonds. The highest BCUT2D eigenvalue weighted by molar-refractivity contribution is 9.08. The molecule has 0 spiro atoms. The average molecular weight is 306 g/mol. The van der Waals surface area contributed by atoms with Gasteiger partial charge >= 0.3 is 0 Å². The lowest BCUT2D eigenvalue weighted by atomic mass is 9.95. The Morgan fingerprint density at radius 3 is 1.54 bits per heavy atom. The normalized spacial score (nSPS) is 10.5. The summed E-state index contributed by atoms with van der Waals surface area (Å²) in [5.41, 5.74) is 7.06. The Morgan fingerprint density at radius 2 is 1.23 bits per heavy atom. The Labute approximate surface area is 97.0 Å². The molecule has 1 rings (SSSR count). The molecule has 0 radical (unpaired) electrons. The van der Waals surface area contributed by atoms with Gasteiger partial charge in [0.05, 0.1) is 0 Å². The molecule has 0 saturated carbocycles. The van der Waals surface area contributed by atoms with Crippen molar-refractivity contribution in [1.82, 2.24) is 0 Å². The lowest BCUT2D eigenvalue weighted by molar-refractivity contribution is 1.16. The van der Waals surface area contributed by atoms with Crippen LogP contribution in [0.15, 0.2) is 6.07 Å². The summed E-state index contributed by atoms with van der Waals surface area (Å²) in [6.45, 7) is 6.58. The topological polar surface area (TPSA) is 0 Å². The Bertz CT molecular complexity index is 288. The van der Waals surface area contributed by atoms with E-state index >= 15 is 0 Å². The molecule has 0 aromatic heterocycles. The molecule has 2 heteroatoms. The molecule has 0 aliphatic rings. The van der Waals surface area contributed by atoms with Crippen molar-refractivity contribution in [3.8, 4) is 0 Å². The van der Waals surface area contributed by atoms with Gasteiger partial charge in [0, 0.05) is 10.7 Å². The zero-order chi connectivity index (χ0) is 10.0. The lowest BCUT2D eigenvalue weighted by Gasteiger charge is -2.13. The van der Waals surface area contributed by atoms with E-state index in [-0.39, 0.29) is 0 Å². The fourth-order valence-corrected chi connectivity index (χ4v) is 2.63. The minimum atomic E-state index is 0.944. The molecule has 1 aromatic carbocycles. The standard InChI is InChI=1S/C11H14Br2/c1-7-8(2)10(5-12)4-11(6-13)9(7)3/h4H,5-6H2,1-3H3. The number of hydrogen-bond acceptors (Lipinski definition) is 0. The predicted molar refractivity (Wildman–Crippen MR) is 65.9 cm³/mol. The van der Waals surface area contributed by atoms with Crippen LogP contribution in [0.3, 0.4) is 0 Å². The van der Waals surface area contributed by atoms with E-state index in [9.17, 15) is 0 Å². The van der Waals surface area contributed by atoms with Gasteiger partial charge in [-0.15, -0.1) is 0 Å². The number of hydrogen-bond donors (Lipinski definition) is 0. The molecule has 0 aliphatic carbocycles. The molecule has 0 atom stereocenters. The van der Waals surface area contributed by atoms with Gasteiger partial charge in [-0.05, 0) is 48.6 Å². The minimum Gasteiger partial charge on any atom is -0.0876 e. The van der Waals surface area contributed by atoms with Gasteiger partial charge in [-0.2, -0.15) is 0 Å². The highest BCUT2D eigenvalue weighted by Crippen LogP contribution is 2.24. The molecular formula is C11H14Br2. The summed E-state index contributed by atoms with van der Waals surface area (Å²) in [6.07, 6.45) is 0. The predicted octanol–water partition coefficient (Wildman–Crippen LogP) is 4.40. The first-order chi connectivity index (χ1) is 6.11. The zero-order valence-electron chi connectivity index (χ0n) is 8.25. The van der Waals surface area contributed by atoms with Gasteiger partial charge in [0.15, 0.2) is 0 Å². The van der Waals surface area contributed by atoms with Gasteiger partial charge < -0.3 is 0 Å². The van der Waals surface area contributed by atoms with Gasteiger partial charge in [0.2, 0.25) is 0 Å². The van der Waals surface area contributed by atoms with Crippen molar-refractivity contribution in [3.05, 3.63) is 33.9 Å². The van der Waals surface area contributed by atoms with Crippen LogP contribution in [0.1, 0.15) is 27.8 Å². The maximum Gasteiger partial charge on any atom is 0.0285 e. The second-order valence-electron chi connectivity index (χ2n) is 3.34. The van der Waals surface area contributed by atoms with Crippen molar-refractivity contribution in [1.29, 1.82) is 0 Å². The van der Waals surface area contributed by atoms with Crippen molar-refractivity contribution in [2.24, 2.45) is 0 Å². The van der Waals surface area contributed by atoms with Crippen LogP contribution in [0.25, 0.3) is 0 Å². The van der Waals surface area contributed by atoms with Crippen molar-refractivity contribution < 1.29 is 0 Å². The molecule has 0 fully saturated rings. The molecule has 0 aliphatic heterocycles. The fraction of sp³-hybridized carbons (Fsp3) is 0.455. The van der Waals surface area contributed by atoms with E-state index in [0.29, 0.717) is 0 Å². The van der Waals surface area contributed by atoms with E-state index in [1.54, 1.807) is 0 Å². The third-order valence-electron chi connectivity index (χ3n) is 2.72. The van der Waals surface area contributed by atoms with E-state index < -0.39 is 0 Å². The second kappa shape index (κ2) is 4.61. The first-order valence-corrected chi connectivity index (χ1v) is 6.56. The van der Waals surface area contributed by atoms with Crippen molar-refractivity contribution in [2.45, 2.75) is 31.4 Å². The van der Waals surface area contributed by atoms with Gasteiger partial charge in [-0.1, -0.05) is 37.9 Å². The average Bonchev–Trinajstić information content (AvgIpc) is 2.15. The van der Waals surface area contributed by atoms with Gasteiger partial charge in [0.25, 0.3) is 0 Å². The van der Waals surface area contributed by atoms with E-state index in [4.69, 9.17) is 0 Å². The molecule has 72 valence electrons. The molecule has 0 saturated heterocycles. The molecule has 13 heavy (non-hydrogen) atoms. The maximum absolute atomic E-state index is 3.52. The molecule has 0 heterocycles. The summed E-state index contributed by atoms with van der Waals surface area (Å²) in [5, 5.41) is 1.89. The first-order valence-electron chi connectivity index (χ1n) is 4.32. The number of alkyl halides is 2. The fourth-order valence-electron chi connectivity index (χ4n) is 1.47. The van der Waals surface area contributed by atoms with Gasteiger partial charge in [-0.3, -0.25) is 0 Å². The number of rotatable bonds is 2. The Morgan fingerprint density at radius 1 is 0.846 bits per heavy atom. The van der Waals surface area contributed by atoms with Crippen LogP contribution >= 0.6 is 31.9 Å². The van der Waals surface area contributed by atoms with Crippen LogP contribution < -0.4 is 0 Å². The molecular weight excluding hydrogens is 292 g/mol. The van der Waals surface area contributed by atoms with Crippen LogP contribution in [-0.2, 0) is 10.7 Å². The van der Waals surface area contributed by atoms with Crippen molar-refractivity contribution >= 4 is 31.9 Å². The Kier molecular flexibility index (Phi) is 3.99. The summed E-state index contributed by atoms with van der Waals surface area (Å²) in [7, 11) is 0. The van der Waals surface area contributed by atoms with Crippen LogP contribution in [0, 0.1) is 20.8 Å². The van der Waals surface area contributed by atoms with Crippen LogP contribution in [0.2, 0.25) is 0 Å². The highest BCUT2D eigenvalue weighted by Gasteiger charge is 2.07. The summed E-state index contributed by atoms with van der Waals surface area (Å²) < 4.78 is 0. The van der Waals surface area contributed by atoms with Crippen LogP contribution in [0.5, 0.6) is 0 Å². The first kappa shape index (κ1) is 11.3. The molecule has 0 unspecified atom stereocenters. The smallest absolute Gasteiger partial charge is 0.0285 e. The van der Waals surface area contributed by atoms with Crippen molar-refractivity contribution in [2.75, 3.05) is 0 Å². The second-order valence-corrected chi connectivity index (χ2v) is 4.46. The third-order valence-corrected chi connectivity index (χ3v) is 3.93. The minimum absolute atomic E-state index is 0.944. The quantitative estimate of drug-likeness (QED) is 0.710.